The number of nitrogens with two attached hydrogens (primary N) is 1. The Morgan fingerprint density at radius 1 is 1.52 bits per heavy atom. The highest BCUT2D eigenvalue weighted by atomic mass is 79.9. The second-order valence-corrected chi connectivity index (χ2v) is 5.18. The molecule has 0 bridgehead atoms. The molecule has 0 saturated carbocycles. The molecule has 2 N–H and O–H groups in total. The highest BCUT2D eigenvalue weighted by Crippen LogP contribution is 2.18. The minimum atomic E-state index is -0.551. The monoisotopic (exact) mass is 356 g/mol. The van der Waals surface area contributed by atoms with Gasteiger partial charge in [-0.3, -0.25) is 0 Å². The largest absolute Gasteiger partial charge is 0.464 e. The van der Waals surface area contributed by atoms with Crippen molar-refractivity contribution in [2.75, 3.05) is 13.7 Å². The van der Waals surface area contributed by atoms with Crippen LogP contribution in [0, 0.1) is 5.82 Å². The van der Waals surface area contributed by atoms with E-state index in [4.69, 9.17) is 5.73 Å². The number of methoxy groups -OCH3 is 1. The number of esters is 1. The van der Waals surface area contributed by atoms with Crippen LogP contribution < -0.4 is 5.73 Å². The van der Waals surface area contributed by atoms with E-state index in [0.29, 0.717) is 29.7 Å². The van der Waals surface area contributed by atoms with Crippen molar-refractivity contribution in [3.05, 3.63) is 45.4 Å². The first-order valence-electron chi connectivity index (χ1n) is 6.21. The third kappa shape index (κ3) is 3.45. The summed E-state index contributed by atoms with van der Waals surface area (Å²) in [6, 6.07) is 4.66. The molecule has 0 saturated heterocycles. The van der Waals surface area contributed by atoms with Crippen LogP contribution in [0.15, 0.2) is 22.7 Å². The van der Waals surface area contributed by atoms with Gasteiger partial charge in [0.1, 0.15) is 5.82 Å². The van der Waals surface area contributed by atoms with Crippen molar-refractivity contribution in [3.8, 4) is 0 Å². The second kappa shape index (κ2) is 6.77. The molecule has 0 aliphatic heterocycles. The fraction of sp³-hybridized carbons (Fsp3) is 0.308. The third-order valence-electron chi connectivity index (χ3n) is 2.91. The van der Waals surface area contributed by atoms with E-state index >= 15 is 0 Å². The summed E-state index contributed by atoms with van der Waals surface area (Å²) in [4.78, 5) is 11.6. The van der Waals surface area contributed by atoms with Gasteiger partial charge in [0.05, 0.1) is 23.8 Å². The van der Waals surface area contributed by atoms with Crippen LogP contribution in [0.5, 0.6) is 0 Å². The zero-order valence-corrected chi connectivity index (χ0v) is 12.9. The normalized spacial score (nSPS) is 10.7. The van der Waals surface area contributed by atoms with Gasteiger partial charge in [0.2, 0.25) is 0 Å². The SMILES string of the molecule is COC(=O)c1nnn(Cc2ccc(F)c(Br)c2)c1CCN. The van der Waals surface area contributed by atoms with E-state index in [0.717, 1.165) is 5.56 Å². The predicted molar refractivity (Wildman–Crippen MR) is 77.3 cm³/mol. The lowest BCUT2D eigenvalue weighted by molar-refractivity contribution is 0.0592. The molecule has 0 aliphatic carbocycles. The maximum Gasteiger partial charge on any atom is 0.360 e. The maximum absolute atomic E-state index is 13.2. The zero-order valence-electron chi connectivity index (χ0n) is 11.3. The van der Waals surface area contributed by atoms with Crippen molar-refractivity contribution >= 4 is 21.9 Å². The number of benzene rings is 1. The summed E-state index contributed by atoms with van der Waals surface area (Å²) in [5.41, 5.74) is 7.14. The fourth-order valence-electron chi connectivity index (χ4n) is 1.91. The van der Waals surface area contributed by atoms with Crippen molar-refractivity contribution in [3.63, 3.8) is 0 Å². The molecule has 1 aromatic heterocycles. The van der Waals surface area contributed by atoms with Crippen molar-refractivity contribution in [2.45, 2.75) is 13.0 Å². The average molecular weight is 357 g/mol. The van der Waals surface area contributed by atoms with Crippen molar-refractivity contribution in [1.82, 2.24) is 15.0 Å². The molecule has 1 aromatic carbocycles. The summed E-state index contributed by atoms with van der Waals surface area (Å²) in [6.07, 6.45) is 0.444. The lowest BCUT2D eigenvalue weighted by Crippen LogP contribution is -2.14. The second-order valence-electron chi connectivity index (χ2n) is 4.32. The highest BCUT2D eigenvalue weighted by molar-refractivity contribution is 9.10. The summed E-state index contributed by atoms with van der Waals surface area (Å²) in [5, 5.41) is 7.79. The van der Waals surface area contributed by atoms with Crippen molar-refractivity contribution in [2.24, 2.45) is 5.73 Å². The summed E-state index contributed by atoms with van der Waals surface area (Å²) >= 11 is 3.13. The van der Waals surface area contributed by atoms with Gasteiger partial charge >= 0.3 is 5.97 Å². The molecular formula is C13H14BrFN4O2. The van der Waals surface area contributed by atoms with Crippen LogP contribution in [0.25, 0.3) is 0 Å². The van der Waals surface area contributed by atoms with Crippen LogP contribution in [-0.4, -0.2) is 34.6 Å². The number of hydrogen-bond donors (Lipinski definition) is 1. The van der Waals surface area contributed by atoms with Crippen LogP contribution in [0.3, 0.4) is 0 Å². The Kier molecular flexibility index (Phi) is 5.03. The summed E-state index contributed by atoms with van der Waals surface area (Å²) in [5.74, 6) is -0.889. The molecular weight excluding hydrogens is 343 g/mol. The quantitative estimate of drug-likeness (QED) is 0.821. The minimum Gasteiger partial charge on any atom is -0.464 e. The molecule has 2 aromatic rings. The Morgan fingerprint density at radius 3 is 2.90 bits per heavy atom. The molecule has 0 fully saturated rings. The van der Waals surface area contributed by atoms with Crippen LogP contribution in [-0.2, 0) is 17.7 Å². The molecule has 21 heavy (non-hydrogen) atoms. The van der Waals surface area contributed by atoms with E-state index in [1.807, 2.05) is 0 Å². The topological polar surface area (TPSA) is 83.0 Å². The Morgan fingerprint density at radius 2 is 2.29 bits per heavy atom. The first-order valence-corrected chi connectivity index (χ1v) is 7.00. The summed E-state index contributed by atoms with van der Waals surface area (Å²) in [7, 11) is 1.28. The summed E-state index contributed by atoms with van der Waals surface area (Å²) in [6.45, 7) is 0.711. The number of aromatic nitrogens is 3. The minimum absolute atomic E-state index is 0.157. The lowest BCUT2D eigenvalue weighted by atomic mass is 10.2. The Balaban J connectivity index is 2.32. The van der Waals surface area contributed by atoms with E-state index in [-0.39, 0.29) is 11.5 Å². The molecule has 0 radical (unpaired) electrons. The van der Waals surface area contributed by atoms with Gasteiger partial charge in [0.15, 0.2) is 5.69 Å². The number of ether oxygens (including phenoxy) is 1. The molecule has 112 valence electrons. The Labute approximate surface area is 129 Å². The van der Waals surface area contributed by atoms with Gasteiger partial charge in [0.25, 0.3) is 0 Å². The van der Waals surface area contributed by atoms with E-state index in [1.54, 1.807) is 16.8 Å². The number of carbonyl (C=O) groups excluding carboxylic acids is 1. The van der Waals surface area contributed by atoms with Gasteiger partial charge in [-0.25, -0.2) is 13.9 Å². The number of carbonyl (C=O) groups is 1. The van der Waals surface area contributed by atoms with E-state index in [2.05, 4.69) is 31.0 Å². The molecule has 6 nitrogen and oxygen atoms in total. The standard InChI is InChI=1S/C13H14BrFN4O2/c1-21-13(20)12-11(4-5-16)19(18-17-12)7-8-2-3-10(15)9(14)6-8/h2-3,6H,4-5,7,16H2,1H3. The first-order chi connectivity index (χ1) is 10.1. The fourth-order valence-corrected chi connectivity index (χ4v) is 2.34. The van der Waals surface area contributed by atoms with Crippen LogP contribution >= 0.6 is 15.9 Å². The smallest absolute Gasteiger partial charge is 0.360 e. The molecule has 0 atom stereocenters. The van der Waals surface area contributed by atoms with Gasteiger partial charge < -0.3 is 10.5 Å². The van der Waals surface area contributed by atoms with Gasteiger partial charge in [-0.1, -0.05) is 11.3 Å². The van der Waals surface area contributed by atoms with Gasteiger partial charge in [-0.05, 0) is 40.2 Å². The molecule has 1 heterocycles. The van der Waals surface area contributed by atoms with Crippen molar-refractivity contribution < 1.29 is 13.9 Å². The molecule has 0 aliphatic rings. The van der Waals surface area contributed by atoms with E-state index in [9.17, 15) is 9.18 Å². The Bertz CT molecular complexity index is 660. The maximum atomic E-state index is 13.2. The molecule has 8 heteroatoms. The Hall–Kier alpha value is -1.80. The van der Waals surface area contributed by atoms with E-state index in [1.165, 1.54) is 13.2 Å². The number of nitrogens with zero attached hydrogens (tertiary/aromatic N) is 3. The average Bonchev–Trinajstić information content (AvgIpc) is 2.85. The number of hydrogen-bond acceptors (Lipinski definition) is 5. The molecule has 0 amide bonds. The molecule has 0 unspecified atom stereocenters. The zero-order chi connectivity index (χ0) is 15.4. The predicted octanol–water partition coefficient (Wildman–Crippen LogP) is 1.52. The summed E-state index contributed by atoms with van der Waals surface area (Å²) < 4.78 is 19.8. The molecule has 2 rings (SSSR count). The third-order valence-corrected chi connectivity index (χ3v) is 3.52. The van der Waals surface area contributed by atoms with Crippen LogP contribution in [0.2, 0.25) is 0 Å². The first kappa shape index (κ1) is 15.6. The van der Waals surface area contributed by atoms with Gasteiger partial charge in [0, 0.05) is 6.42 Å². The van der Waals surface area contributed by atoms with Gasteiger partial charge in [-0.2, -0.15) is 0 Å². The highest BCUT2D eigenvalue weighted by Gasteiger charge is 2.19. The van der Waals surface area contributed by atoms with E-state index < -0.39 is 5.97 Å². The van der Waals surface area contributed by atoms with Gasteiger partial charge in [-0.15, -0.1) is 5.10 Å². The molecule has 0 spiro atoms. The van der Waals surface area contributed by atoms with Crippen molar-refractivity contribution in [1.29, 1.82) is 0 Å². The lowest BCUT2D eigenvalue weighted by Gasteiger charge is -2.07. The van der Waals surface area contributed by atoms with Crippen LogP contribution in [0.1, 0.15) is 21.7 Å². The van der Waals surface area contributed by atoms with Crippen LogP contribution in [0.4, 0.5) is 4.39 Å². The number of halogens is 2. The number of rotatable bonds is 5.